The molecule has 0 unspecified atom stereocenters. The molecule has 2 rings (SSSR count). The van der Waals surface area contributed by atoms with Gasteiger partial charge in [-0.05, 0) is 38.0 Å². The number of imide groups is 1. The van der Waals surface area contributed by atoms with Crippen LogP contribution in [0.4, 0.5) is 4.79 Å². The lowest BCUT2D eigenvalue weighted by Crippen LogP contribution is -2.41. The maximum absolute atomic E-state index is 12.4. The van der Waals surface area contributed by atoms with E-state index in [-0.39, 0.29) is 17.4 Å². The van der Waals surface area contributed by atoms with Gasteiger partial charge in [0, 0.05) is 18.7 Å². The maximum atomic E-state index is 12.4. The number of nitrogens with zero attached hydrogens (tertiary/aromatic N) is 2. The molecule has 3 amide bonds. The van der Waals surface area contributed by atoms with E-state index >= 15 is 0 Å². The summed E-state index contributed by atoms with van der Waals surface area (Å²) in [7, 11) is 5.33. The molecule has 1 saturated heterocycles. The van der Waals surface area contributed by atoms with Crippen molar-refractivity contribution in [2.45, 2.75) is 0 Å². The number of hydrogen-bond acceptors (Lipinski definition) is 6. The highest BCUT2D eigenvalue weighted by atomic mass is 32.2. The molecule has 0 atom stereocenters. The minimum Gasteiger partial charge on any atom is -0.496 e. The van der Waals surface area contributed by atoms with Gasteiger partial charge in [-0.3, -0.25) is 19.3 Å². The number of para-hydroxylation sites is 1. The van der Waals surface area contributed by atoms with E-state index in [1.807, 2.05) is 31.1 Å². The van der Waals surface area contributed by atoms with Gasteiger partial charge in [0.25, 0.3) is 11.1 Å². The number of nitrogens with one attached hydrogen (secondary N) is 1. The van der Waals surface area contributed by atoms with Crippen LogP contribution in [-0.4, -0.2) is 67.7 Å². The second kappa shape index (κ2) is 8.68. The molecule has 1 fully saturated rings. The fourth-order valence-corrected chi connectivity index (χ4v) is 3.01. The van der Waals surface area contributed by atoms with Crippen molar-refractivity contribution >= 4 is 34.9 Å². The van der Waals surface area contributed by atoms with Crippen LogP contribution in [0.15, 0.2) is 29.2 Å². The number of methoxy groups -OCH3 is 1. The first-order valence-electron chi connectivity index (χ1n) is 7.72. The van der Waals surface area contributed by atoms with Gasteiger partial charge in [0.05, 0.1) is 12.0 Å². The van der Waals surface area contributed by atoms with Crippen LogP contribution in [0, 0.1) is 0 Å². The average molecular weight is 363 g/mol. The van der Waals surface area contributed by atoms with Crippen molar-refractivity contribution in [1.29, 1.82) is 0 Å². The van der Waals surface area contributed by atoms with E-state index in [2.05, 4.69) is 5.32 Å². The third-order valence-electron chi connectivity index (χ3n) is 3.48. The van der Waals surface area contributed by atoms with Crippen LogP contribution in [0.25, 0.3) is 6.08 Å². The summed E-state index contributed by atoms with van der Waals surface area (Å²) in [6, 6.07) is 7.20. The predicted molar refractivity (Wildman–Crippen MR) is 97.2 cm³/mol. The molecule has 1 aromatic carbocycles. The van der Waals surface area contributed by atoms with Gasteiger partial charge in [-0.1, -0.05) is 18.2 Å². The average Bonchev–Trinajstić information content (AvgIpc) is 2.82. The number of amides is 3. The number of ether oxygens (including phenoxy) is 1. The normalized spacial score (nSPS) is 16.0. The zero-order valence-corrected chi connectivity index (χ0v) is 15.3. The van der Waals surface area contributed by atoms with Crippen LogP contribution < -0.4 is 10.1 Å². The molecule has 8 heteroatoms. The summed E-state index contributed by atoms with van der Waals surface area (Å²) in [4.78, 5) is 39.6. The third kappa shape index (κ3) is 5.07. The Bertz CT molecular complexity index is 703. The number of carbonyl (C=O) groups is 3. The predicted octanol–water partition coefficient (Wildman–Crippen LogP) is 1.41. The Morgan fingerprint density at radius 2 is 2.04 bits per heavy atom. The molecule has 1 aromatic rings. The second-order valence-electron chi connectivity index (χ2n) is 5.66. The Morgan fingerprint density at radius 3 is 2.72 bits per heavy atom. The first-order valence-corrected chi connectivity index (χ1v) is 8.54. The van der Waals surface area contributed by atoms with E-state index in [1.54, 1.807) is 18.2 Å². The van der Waals surface area contributed by atoms with E-state index in [4.69, 9.17) is 4.74 Å². The molecule has 1 aliphatic rings. The highest BCUT2D eigenvalue weighted by molar-refractivity contribution is 8.18. The molecule has 1 aliphatic heterocycles. The van der Waals surface area contributed by atoms with Crippen molar-refractivity contribution in [2.75, 3.05) is 40.8 Å². The summed E-state index contributed by atoms with van der Waals surface area (Å²) in [6.45, 7) is 0.863. The lowest BCUT2D eigenvalue weighted by Gasteiger charge is -2.14. The largest absolute Gasteiger partial charge is 0.496 e. The standard InChI is InChI=1S/C17H21N3O4S/c1-19(2)9-8-18-15(21)11-20-16(22)14(25-17(20)23)10-12-6-4-5-7-13(12)24-3/h4-7,10H,8-9,11H2,1-3H3,(H,18,21)/b14-10+. The van der Waals surface area contributed by atoms with Gasteiger partial charge in [0.15, 0.2) is 0 Å². The minimum absolute atomic E-state index is 0.274. The highest BCUT2D eigenvalue weighted by Gasteiger charge is 2.36. The van der Waals surface area contributed by atoms with Crippen LogP contribution in [0.5, 0.6) is 5.75 Å². The summed E-state index contributed by atoms with van der Waals surface area (Å²) in [5.74, 6) is -0.220. The van der Waals surface area contributed by atoms with E-state index in [0.29, 0.717) is 24.4 Å². The van der Waals surface area contributed by atoms with Gasteiger partial charge in [-0.25, -0.2) is 0 Å². The van der Waals surface area contributed by atoms with Gasteiger partial charge in [0.2, 0.25) is 5.91 Å². The number of benzene rings is 1. The smallest absolute Gasteiger partial charge is 0.294 e. The molecule has 0 aliphatic carbocycles. The number of hydrogen-bond donors (Lipinski definition) is 1. The van der Waals surface area contributed by atoms with Crippen molar-refractivity contribution in [3.63, 3.8) is 0 Å². The van der Waals surface area contributed by atoms with Crippen LogP contribution in [0.1, 0.15) is 5.56 Å². The highest BCUT2D eigenvalue weighted by Crippen LogP contribution is 2.33. The summed E-state index contributed by atoms with van der Waals surface area (Å²) in [5.41, 5.74) is 0.700. The Hall–Kier alpha value is -2.32. The maximum Gasteiger partial charge on any atom is 0.294 e. The van der Waals surface area contributed by atoms with Crippen LogP contribution in [0.2, 0.25) is 0 Å². The number of rotatable bonds is 7. The Kier molecular flexibility index (Phi) is 6.60. The van der Waals surface area contributed by atoms with E-state index in [0.717, 1.165) is 16.7 Å². The molecule has 1 heterocycles. The summed E-state index contributed by atoms with van der Waals surface area (Å²) < 4.78 is 5.24. The molecule has 0 radical (unpaired) electrons. The third-order valence-corrected chi connectivity index (χ3v) is 4.39. The zero-order valence-electron chi connectivity index (χ0n) is 14.4. The Labute approximate surface area is 151 Å². The molecule has 1 N–H and O–H groups in total. The fraction of sp³-hybridized carbons (Fsp3) is 0.353. The molecular formula is C17H21N3O4S. The molecular weight excluding hydrogens is 342 g/mol. The number of carbonyl (C=O) groups excluding carboxylic acids is 3. The van der Waals surface area contributed by atoms with Crippen LogP contribution in [-0.2, 0) is 9.59 Å². The van der Waals surface area contributed by atoms with Crippen molar-refractivity contribution in [3.8, 4) is 5.75 Å². The van der Waals surface area contributed by atoms with Gasteiger partial charge < -0.3 is 15.0 Å². The first kappa shape index (κ1) is 19.0. The quantitative estimate of drug-likeness (QED) is 0.738. The van der Waals surface area contributed by atoms with Gasteiger partial charge >= 0.3 is 0 Å². The van der Waals surface area contributed by atoms with E-state index < -0.39 is 11.1 Å². The van der Waals surface area contributed by atoms with Crippen molar-refractivity contribution < 1.29 is 19.1 Å². The lowest BCUT2D eigenvalue weighted by molar-refractivity contribution is -0.129. The lowest BCUT2D eigenvalue weighted by atomic mass is 10.2. The van der Waals surface area contributed by atoms with Gasteiger partial charge in [-0.2, -0.15) is 0 Å². The van der Waals surface area contributed by atoms with Gasteiger partial charge in [-0.15, -0.1) is 0 Å². The molecule has 7 nitrogen and oxygen atoms in total. The number of thioether (sulfide) groups is 1. The van der Waals surface area contributed by atoms with Gasteiger partial charge in [0.1, 0.15) is 12.3 Å². The van der Waals surface area contributed by atoms with Crippen molar-refractivity contribution in [1.82, 2.24) is 15.1 Å². The molecule has 0 spiro atoms. The summed E-state index contributed by atoms with van der Waals surface area (Å²) in [5, 5.41) is 2.24. The monoisotopic (exact) mass is 363 g/mol. The molecule has 0 bridgehead atoms. The molecule has 134 valence electrons. The van der Waals surface area contributed by atoms with E-state index in [1.165, 1.54) is 7.11 Å². The molecule has 0 saturated carbocycles. The second-order valence-corrected chi connectivity index (χ2v) is 6.66. The first-order chi connectivity index (χ1) is 11.9. The fourth-order valence-electron chi connectivity index (χ4n) is 2.18. The number of likely N-dealkylation sites (N-methyl/N-ethyl adjacent to an activating group) is 1. The minimum atomic E-state index is -0.469. The zero-order chi connectivity index (χ0) is 18.4. The van der Waals surface area contributed by atoms with Crippen molar-refractivity contribution in [3.05, 3.63) is 34.7 Å². The van der Waals surface area contributed by atoms with Crippen molar-refractivity contribution in [2.24, 2.45) is 0 Å². The SMILES string of the molecule is COc1ccccc1/C=C1/SC(=O)N(CC(=O)NCCN(C)C)C1=O. The van der Waals surface area contributed by atoms with E-state index in [9.17, 15) is 14.4 Å². The Morgan fingerprint density at radius 1 is 1.32 bits per heavy atom. The summed E-state index contributed by atoms with van der Waals surface area (Å²) >= 11 is 0.821. The summed E-state index contributed by atoms with van der Waals surface area (Å²) in [6.07, 6.45) is 1.60. The molecule has 25 heavy (non-hydrogen) atoms. The molecule has 0 aromatic heterocycles. The Balaban J connectivity index is 2.04. The topological polar surface area (TPSA) is 79.0 Å². The van der Waals surface area contributed by atoms with Crippen LogP contribution >= 0.6 is 11.8 Å². The van der Waals surface area contributed by atoms with Crippen LogP contribution in [0.3, 0.4) is 0 Å².